The number of benzene rings is 4. The van der Waals surface area contributed by atoms with Crippen LogP contribution < -0.4 is 9.80 Å². The number of halogens is 5. The highest BCUT2D eigenvalue weighted by Gasteiger charge is 2.26. The van der Waals surface area contributed by atoms with E-state index in [4.69, 9.17) is 51.1 Å². The summed E-state index contributed by atoms with van der Waals surface area (Å²) in [6.45, 7) is 10.7. The highest BCUT2D eigenvalue weighted by Crippen LogP contribution is 2.33. The van der Waals surface area contributed by atoms with Crippen molar-refractivity contribution in [3.05, 3.63) is 106 Å². The van der Waals surface area contributed by atoms with Gasteiger partial charge in [-0.2, -0.15) is 0 Å². The fourth-order valence-corrected chi connectivity index (χ4v) is 7.57. The Bertz CT molecular complexity index is 2310. The van der Waals surface area contributed by atoms with E-state index < -0.39 is 5.60 Å². The number of hydrogen-bond donors (Lipinski definition) is 0. The summed E-state index contributed by atoms with van der Waals surface area (Å²) in [6, 6.07) is 27.7. The SMILES string of the molecule is CC(C)(C)OC(=O)N1CCN(c2ccc(-c3nc(Cl)nc4ccc(Cl)cc34)cc2)CC1.Cl.Clc1ccc2nc(Cl)nc(-c3ccc(N4CCCCC4)cc3)c2c1. The predicted molar refractivity (Wildman–Crippen MR) is 233 cm³/mol. The van der Waals surface area contributed by atoms with Crippen LogP contribution in [0, 0.1) is 0 Å². The summed E-state index contributed by atoms with van der Waals surface area (Å²) in [4.78, 5) is 36.2. The molecule has 0 saturated carbocycles. The van der Waals surface area contributed by atoms with Crippen molar-refractivity contribution in [3.8, 4) is 22.5 Å². The molecule has 2 aliphatic heterocycles. The second-order valence-electron chi connectivity index (χ2n) is 14.6. The third-order valence-corrected chi connectivity index (χ3v) is 10.4. The van der Waals surface area contributed by atoms with E-state index >= 15 is 0 Å². The molecule has 14 heteroatoms. The van der Waals surface area contributed by atoms with Gasteiger partial charge in [-0.05, 0) is 124 Å². The van der Waals surface area contributed by atoms with Gasteiger partial charge in [-0.15, -0.1) is 12.4 Å². The lowest BCUT2D eigenvalue weighted by atomic mass is 10.0. The summed E-state index contributed by atoms with van der Waals surface area (Å²) < 4.78 is 5.47. The van der Waals surface area contributed by atoms with E-state index in [1.54, 1.807) is 11.0 Å². The van der Waals surface area contributed by atoms with Crippen molar-refractivity contribution in [2.75, 3.05) is 49.1 Å². The smallest absolute Gasteiger partial charge is 0.410 e. The van der Waals surface area contributed by atoms with Gasteiger partial charge in [0.1, 0.15) is 5.60 Å². The van der Waals surface area contributed by atoms with Gasteiger partial charge in [-0.3, -0.25) is 0 Å². The van der Waals surface area contributed by atoms with Gasteiger partial charge in [-0.1, -0.05) is 47.5 Å². The van der Waals surface area contributed by atoms with Crippen LogP contribution in [0.15, 0.2) is 84.9 Å². The molecule has 0 N–H and O–H groups in total. The first-order valence-corrected chi connectivity index (χ1v) is 19.9. The summed E-state index contributed by atoms with van der Waals surface area (Å²) in [5, 5.41) is 3.51. The predicted octanol–water partition coefficient (Wildman–Crippen LogP) is 11.7. The minimum atomic E-state index is -0.484. The molecule has 0 atom stereocenters. The number of piperidine rings is 1. The molecule has 6 aromatic rings. The van der Waals surface area contributed by atoms with Crippen molar-refractivity contribution < 1.29 is 9.53 Å². The zero-order valence-electron chi connectivity index (χ0n) is 31.3. The number of ether oxygens (including phenoxy) is 1. The average Bonchev–Trinajstić information content (AvgIpc) is 3.18. The van der Waals surface area contributed by atoms with Crippen molar-refractivity contribution in [2.45, 2.75) is 45.6 Å². The maximum Gasteiger partial charge on any atom is 0.410 e. The quantitative estimate of drug-likeness (QED) is 0.162. The Morgan fingerprint density at radius 2 is 1.00 bits per heavy atom. The molecule has 2 aliphatic rings. The Labute approximate surface area is 353 Å². The Kier molecular flexibility index (Phi) is 13.3. The molecule has 0 spiro atoms. The number of hydrogen-bond acceptors (Lipinski definition) is 8. The molecule has 0 aliphatic carbocycles. The lowest BCUT2D eigenvalue weighted by Crippen LogP contribution is -2.50. The van der Waals surface area contributed by atoms with Crippen molar-refractivity contribution >= 4 is 98.1 Å². The van der Waals surface area contributed by atoms with Gasteiger partial charge in [0.15, 0.2) is 0 Å². The number of rotatable bonds is 4. The van der Waals surface area contributed by atoms with Gasteiger partial charge in [0.2, 0.25) is 10.6 Å². The minimum Gasteiger partial charge on any atom is -0.444 e. The molecule has 0 unspecified atom stereocenters. The number of fused-ring (bicyclic) bond motifs is 2. The molecule has 9 nitrogen and oxygen atoms in total. The van der Waals surface area contributed by atoms with Gasteiger partial charge < -0.3 is 19.4 Å². The first-order chi connectivity index (χ1) is 26.4. The maximum absolute atomic E-state index is 12.3. The van der Waals surface area contributed by atoms with Crippen LogP contribution in [0.5, 0.6) is 0 Å². The van der Waals surface area contributed by atoms with Crippen molar-refractivity contribution in [1.82, 2.24) is 24.8 Å². The number of amides is 1. The number of aromatic nitrogens is 4. The van der Waals surface area contributed by atoms with E-state index in [0.717, 1.165) is 76.2 Å². The first-order valence-electron chi connectivity index (χ1n) is 18.3. The molecule has 8 rings (SSSR count). The number of piperazine rings is 1. The summed E-state index contributed by atoms with van der Waals surface area (Å²) in [6.07, 6.45) is 3.62. The van der Waals surface area contributed by atoms with Crippen LogP contribution in [0.4, 0.5) is 16.2 Å². The van der Waals surface area contributed by atoms with Gasteiger partial charge in [-0.25, -0.2) is 24.7 Å². The van der Waals surface area contributed by atoms with E-state index in [2.05, 4.69) is 66.1 Å². The third kappa shape index (κ3) is 10.1. The molecule has 4 aromatic carbocycles. The minimum absolute atomic E-state index is 0. The van der Waals surface area contributed by atoms with Crippen LogP contribution in [-0.4, -0.2) is 75.8 Å². The molecule has 0 bridgehead atoms. The normalized spacial score (nSPS) is 14.6. The van der Waals surface area contributed by atoms with Crippen LogP contribution in [0.1, 0.15) is 40.0 Å². The van der Waals surface area contributed by atoms with Gasteiger partial charge in [0.25, 0.3) is 0 Å². The van der Waals surface area contributed by atoms with Crippen LogP contribution >= 0.6 is 58.8 Å². The highest BCUT2D eigenvalue weighted by molar-refractivity contribution is 6.32. The van der Waals surface area contributed by atoms with Crippen molar-refractivity contribution in [3.63, 3.8) is 0 Å². The lowest BCUT2D eigenvalue weighted by Gasteiger charge is -2.36. The highest BCUT2D eigenvalue weighted by atomic mass is 35.5. The molecule has 1 amide bonds. The number of carbonyl (C=O) groups excluding carboxylic acids is 1. The molecule has 56 heavy (non-hydrogen) atoms. The second kappa shape index (κ2) is 18.0. The summed E-state index contributed by atoms with van der Waals surface area (Å²) in [7, 11) is 0. The molecular weight excluding hydrogens is 812 g/mol. The number of anilines is 2. The topological polar surface area (TPSA) is 87.6 Å². The van der Waals surface area contributed by atoms with E-state index in [1.807, 2.05) is 63.2 Å². The largest absolute Gasteiger partial charge is 0.444 e. The molecule has 2 saturated heterocycles. The van der Waals surface area contributed by atoms with Crippen LogP contribution in [-0.2, 0) is 4.74 Å². The van der Waals surface area contributed by atoms with Crippen molar-refractivity contribution in [2.24, 2.45) is 0 Å². The Morgan fingerprint density at radius 3 is 1.43 bits per heavy atom. The second-order valence-corrected chi connectivity index (χ2v) is 16.2. The first kappa shape index (κ1) is 41.5. The van der Waals surface area contributed by atoms with Crippen LogP contribution in [0.2, 0.25) is 20.6 Å². The lowest BCUT2D eigenvalue weighted by molar-refractivity contribution is 0.0240. The number of nitrogens with zero attached hydrogens (tertiary/aromatic N) is 7. The molecule has 4 heterocycles. The molecule has 292 valence electrons. The third-order valence-electron chi connectivity index (χ3n) is 9.56. The molecule has 0 radical (unpaired) electrons. The van der Waals surface area contributed by atoms with Crippen LogP contribution in [0.25, 0.3) is 44.3 Å². The molecule has 2 fully saturated rings. The van der Waals surface area contributed by atoms with E-state index in [0.29, 0.717) is 23.1 Å². The number of carbonyl (C=O) groups is 1. The van der Waals surface area contributed by atoms with Gasteiger partial charge in [0, 0.05) is 82.6 Å². The molecular formula is C42H42Cl5N7O2. The zero-order valence-corrected chi connectivity index (χ0v) is 35.2. The monoisotopic (exact) mass is 851 g/mol. The standard InChI is InChI=1S/C23H24Cl2N4O2.C19H17Cl2N3.ClH/c1-23(2,3)31-22(30)29-12-10-28(11-13-29)17-7-4-15(5-8-17)20-18-14-16(24)6-9-19(18)26-21(25)27-20;20-14-6-9-17-16(12-14)18(23-19(21)22-17)13-4-7-15(8-5-13)24-10-2-1-3-11-24;/h4-9,14H,10-13H2,1-3H3;4-9,12H,1-3,10-11H2;1H. The van der Waals surface area contributed by atoms with E-state index in [1.165, 1.54) is 24.9 Å². The average molecular weight is 854 g/mol. The van der Waals surface area contributed by atoms with Crippen LogP contribution in [0.3, 0.4) is 0 Å². The fourth-order valence-electron chi connectivity index (χ4n) is 6.87. The maximum atomic E-state index is 12.3. The molecule has 2 aromatic heterocycles. The summed E-state index contributed by atoms with van der Waals surface area (Å²) in [5.74, 6) is 0. The van der Waals surface area contributed by atoms with E-state index in [-0.39, 0.29) is 29.1 Å². The Hall–Kier alpha value is -4.12. The van der Waals surface area contributed by atoms with Crippen molar-refractivity contribution in [1.29, 1.82) is 0 Å². The van der Waals surface area contributed by atoms with Gasteiger partial charge >= 0.3 is 6.09 Å². The summed E-state index contributed by atoms with van der Waals surface area (Å²) in [5.41, 5.74) is 6.95. The Morgan fingerprint density at radius 1 is 0.571 bits per heavy atom. The summed E-state index contributed by atoms with van der Waals surface area (Å²) >= 11 is 24.6. The zero-order chi connectivity index (χ0) is 38.7. The fraction of sp³-hybridized carbons (Fsp3) is 0.310. The van der Waals surface area contributed by atoms with Gasteiger partial charge in [0.05, 0.1) is 22.4 Å². The Balaban J connectivity index is 0.000000192. The van der Waals surface area contributed by atoms with E-state index in [9.17, 15) is 4.79 Å².